The number of ether oxygens (including phenoxy) is 1. The van der Waals surface area contributed by atoms with Crippen LogP contribution in [0, 0.1) is 0 Å². The average Bonchev–Trinajstić information content (AvgIpc) is 2.12. The molecule has 0 aliphatic heterocycles. The summed E-state index contributed by atoms with van der Waals surface area (Å²) in [7, 11) is 0. The molecule has 1 aromatic heterocycles. The minimum absolute atomic E-state index is 0.208. The van der Waals surface area contributed by atoms with Crippen LogP contribution in [0.25, 0.3) is 0 Å². The van der Waals surface area contributed by atoms with Gasteiger partial charge in [0, 0.05) is 0 Å². The van der Waals surface area contributed by atoms with Gasteiger partial charge in [0.05, 0.1) is 6.26 Å². The van der Waals surface area contributed by atoms with E-state index in [2.05, 4.69) is 15.9 Å². The zero-order chi connectivity index (χ0) is 8.48. The summed E-state index contributed by atoms with van der Waals surface area (Å²) in [4.78, 5) is 0. The number of hydrogen-bond donors (Lipinski definition) is 0. The maximum Gasteiger partial charge on any atom is 0.299 e. The fraction of sp³-hybridized carbons (Fsp3) is 0.500. The maximum atomic E-state index is 5.46. The van der Waals surface area contributed by atoms with E-state index in [1.807, 2.05) is 20.8 Å². The Labute approximate surface area is 74.7 Å². The minimum atomic E-state index is -0.208. The molecular weight excluding hydrogens is 208 g/mol. The molecule has 1 rings (SSSR count). The van der Waals surface area contributed by atoms with Crippen molar-refractivity contribution in [3.63, 3.8) is 0 Å². The minimum Gasteiger partial charge on any atom is -0.459 e. The molecule has 0 N–H and O–H groups in total. The lowest BCUT2D eigenvalue weighted by Gasteiger charge is -2.18. The van der Waals surface area contributed by atoms with Crippen molar-refractivity contribution in [3.8, 4) is 5.95 Å². The van der Waals surface area contributed by atoms with Gasteiger partial charge in [-0.2, -0.15) is 0 Å². The summed E-state index contributed by atoms with van der Waals surface area (Å²) in [6.07, 6.45) is 1.59. The summed E-state index contributed by atoms with van der Waals surface area (Å²) in [6.45, 7) is 5.92. The Balaban J connectivity index is 2.72. The van der Waals surface area contributed by atoms with E-state index in [9.17, 15) is 0 Å². The third-order valence-corrected chi connectivity index (χ3v) is 1.57. The molecule has 1 heterocycles. The van der Waals surface area contributed by atoms with E-state index in [-0.39, 0.29) is 5.60 Å². The van der Waals surface area contributed by atoms with E-state index in [0.29, 0.717) is 5.95 Å². The fourth-order valence-electron chi connectivity index (χ4n) is 0.631. The van der Waals surface area contributed by atoms with Crippen LogP contribution in [0.3, 0.4) is 0 Å². The Morgan fingerprint density at radius 1 is 1.45 bits per heavy atom. The number of halogens is 1. The first kappa shape index (κ1) is 8.65. The topological polar surface area (TPSA) is 22.4 Å². The zero-order valence-electron chi connectivity index (χ0n) is 6.85. The Hall–Kier alpha value is -0.440. The molecule has 0 atom stereocenters. The van der Waals surface area contributed by atoms with Gasteiger partial charge in [-0.15, -0.1) is 0 Å². The highest BCUT2D eigenvalue weighted by molar-refractivity contribution is 9.10. The van der Waals surface area contributed by atoms with Crippen LogP contribution in [0.2, 0.25) is 0 Å². The van der Waals surface area contributed by atoms with E-state index in [4.69, 9.17) is 9.15 Å². The van der Waals surface area contributed by atoms with Gasteiger partial charge in [0.1, 0.15) is 10.1 Å². The van der Waals surface area contributed by atoms with Crippen molar-refractivity contribution in [2.45, 2.75) is 26.4 Å². The van der Waals surface area contributed by atoms with Crippen molar-refractivity contribution < 1.29 is 9.15 Å². The van der Waals surface area contributed by atoms with E-state index in [1.165, 1.54) is 0 Å². The second-order valence-corrected chi connectivity index (χ2v) is 4.12. The number of furan rings is 1. The Kier molecular flexibility index (Phi) is 2.28. The third-order valence-electron chi connectivity index (χ3n) is 0.983. The first-order valence-electron chi connectivity index (χ1n) is 3.41. The van der Waals surface area contributed by atoms with Crippen LogP contribution in [-0.4, -0.2) is 5.60 Å². The first-order valence-corrected chi connectivity index (χ1v) is 4.20. The molecule has 0 spiro atoms. The van der Waals surface area contributed by atoms with Gasteiger partial charge in [-0.05, 0) is 42.8 Å². The van der Waals surface area contributed by atoms with Gasteiger partial charge < -0.3 is 9.15 Å². The quantitative estimate of drug-likeness (QED) is 0.723. The highest BCUT2D eigenvalue weighted by atomic mass is 79.9. The molecule has 0 aliphatic carbocycles. The van der Waals surface area contributed by atoms with Crippen molar-refractivity contribution in [1.29, 1.82) is 0 Å². The van der Waals surface area contributed by atoms with E-state index in [1.54, 1.807) is 12.3 Å². The Morgan fingerprint density at radius 3 is 2.45 bits per heavy atom. The van der Waals surface area contributed by atoms with Crippen LogP contribution in [-0.2, 0) is 0 Å². The van der Waals surface area contributed by atoms with Gasteiger partial charge >= 0.3 is 0 Å². The SMILES string of the molecule is CC(C)(C)Oc1occc1Br. The highest BCUT2D eigenvalue weighted by Gasteiger charge is 2.15. The average molecular weight is 219 g/mol. The molecular formula is C8H11BrO2. The number of rotatable bonds is 1. The molecule has 3 heteroatoms. The lowest BCUT2D eigenvalue weighted by atomic mass is 10.2. The van der Waals surface area contributed by atoms with E-state index < -0.39 is 0 Å². The third kappa shape index (κ3) is 2.58. The largest absolute Gasteiger partial charge is 0.459 e. The number of hydrogen-bond acceptors (Lipinski definition) is 2. The molecule has 0 saturated carbocycles. The Morgan fingerprint density at radius 2 is 2.09 bits per heavy atom. The summed E-state index contributed by atoms with van der Waals surface area (Å²) >= 11 is 3.30. The van der Waals surface area contributed by atoms with Gasteiger partial charge in [-0.3, -0.25) is 0 Å². The maximum absolute atomic E-state index is 5.46. The van der Waals surface area contributed by atoms with Gasteiger partial charge in [0.2, 0.25) is 0 Å². The zero-order valence-corrected chi connectivity index (χ0v) is 8.44. The monoisotopic (exact) mass is 218 g/mol. The molecule has 0 fully saturated rings. The Bertz CT molecular complexity index is 234. The summed E-state index contributed by atoms with van der Waals surface area (Å²) in [5.41, 5.74) is -0.208. The predicted molar refractivity (Wildman–Crippen MR) is 46.8 cm³/mol. The molecule has 0 bridgehead atoms. The molecule has 0 unspecified atom stereocenters. The molecule has 0 saturated heterocycles. The van der Waals surface area contributed by atoms with Crippen molar-refractivity contribution in [2.24, 2.45) is 0 Å². The van der Waals surface area contributed by atoms with Gasteiger partial charge in [0.15, 0.2) is 0 Å². The van der Waals surface area contributed by atoms with Crippen LogP contribution in [0.4, 0.5) is 0 Å². The molecule has 0 aromatic carbocycles. The summed E-state index contributed by atoms with van der Waals surface area (Å²) in [5, 5.41) is 0. The molecule has 2 nitrogen and oxygen atoms in total. The van der Waals surface area contributed by atoms with Crippen LogP contribution in [0.15, 0.2) is 21.2 Å². The van der Waals surface area contributed by atoms with Gasteiger partial charge in [-0.25, -0.2) is 0 Å². The van der Waals surface area contributed by atoms with Gasteiger partial charge in [-0.1, -0.05) is 0 Å². The normalized spacial score (nSPS) is 11.6. The first-order chi connectivity index (χ1) is 4.99. The van der Waals surface area contributed by atoms with Crippen LogP contribution in [0.5, 0.6) is 5.95 Å². The van der Waals surface area contributed by atoms with Crippen molar-refractivity contribution in [3.05, 3.63) is 16.8 Å². The molecule has 11 heavy (non-hydrogen) atoms. The van der Waals surface area contributed by atoms with Crippen LogP contribution >= 0.6 is 15.9 Å². The molecule has 0 radical (unpaired) electrons. The lowest BCUT2D eigenvalue weighted by molar-refractivity contribution is 0.0939. The van der Waals surface area contributed by atoms with Crippen LogP contribution < -0.4 is 4.74 Å². The van der Waals surface area contributed by atoms with Crippen LogP contribution in [0.1, 0.15) is 20.8 Å². The van der Waals surface area contributed by atoms with Crippen molar-refractivity contribution in [2.75, 3.05) is 0 Å². The van der Waals surface area contributed by atoms with Crippen molar-refractivity contribution in [1.82, 2.24) is 0 Å². The summed E-state index contributed by atoms with van der Waals surface area (Å²) in [6, 6.07) is 1.81. The predicted octanol–water partition coefficient (Wildman–Crippen LogP) is 3.22. The molecule has 62 valence electrons. The van der Waals surface area contributed by atoms with E-state index in [0.717, 1.165) is 4.47 Å². The molecule has 0 amide bonds. The second kappa shape index (κ2) is 2.89. The van der Waals surface area contributed by atoms with Gasteiger partial charge in [0.25, 0.3) is 5.95 Å². The smallest absolute Gasteiger partial charge is 0.299 e. The molecule has 0 aliphatic rings. The fourth-order valence-corrected chi connectivity index (χ4v) is 0.913. The van der Waals surface area contributed by atoms with E-state index >= 15 is 0 Å². The second-order valence-electron chi connectivity index (χ2n) is 3.27. The standard InChI is InChI=1S/C8H11BrO2/c1-8(2,3)11-7-6(9)4-5-10-7/h4-5H,1-3H3. The van der Waals surface area contributed by atoms with Crippen molar-refractivity contribution >= 4 is 15.9 Å². The molecule has 1 aromatic rings. The highest BCUT2D eigenvalue weighted by Crippen LogP contribution is 2.28. The summed E-state index contributed by atoms with van der Waals surface area (Å²) in [5.74, 6) is 0.539. The summed E-state index contributed by atoms with van der Waals surface area (Å²) < 4.78 is 11.4. The lowest BCUT2D eigenvalue weighted by Crippen LogP contribution is -2.22.